The fraction of sp³-hybridized carbons (Fsp3) is 0.500. The molecule has 3 N–H and O–H groups in total. The average Bonchev–Trinajstić information content (AvgIpc) is 2.36. The molecule has 0 spiro atoms. The first kappa shape index (κ1) is 18.8. The molecule has 0 heterocycles. The molecule has 0 aliphatic rings. The number of hydrogen-bond acceptors (Lipinski definition) is 4. The highest BCUT2D eigenvalue weighted by Crippen LogP contribution is 2.33. The van der Waals surface area contributed by atoms with Crippen LogP contribution in [0.1, 0.15) is 18.1 Å². The first-order valence-electron chi connectivity index (χ1n) is 5.52. The number of ether oxygens (including phenoxy) is 2. The Hall–Kier alpha value is -1.18. The van der Waals surface area contributed by atoms with Gasteiger partial charge in [-0.25, -0.2) is 0 Å². The van der Waals surface area contributed by atoms with Crippen LogP contribution in [0.15, 0.2) is 18.2 Å². The van der Waals surface area contributed by atoms with Gasteiger partial charge in [-0.1, -0.05) is 0 Å². The topological polar surface area (TPSA) is 64.7 Å². The summed E-state index contributed by atoms with van der Waals surface area (Å²) < 4.78 is 47.0. The van der Waals surface area contributed by atoms with Crippen LogP contribution >= 0.6 is 12.4 Å². The van der Waals surface area contributed by atoms with Gasteiger partial charge in [0, 0.05) is 12.0 Å². The zero-order chi connectivity index (χ0) is 14.6. The van der Waals surface area contributed by atoms with Gasteiger partial charge < -0.3 is 20.3 Å². The number of methoxy groups -OCH3 is 2. The number of aliphatic hydroxyl groups excluding tert-OH is 1. The zero-order valence-corrected chi connectivity index (χ0v) is 11.8. The maximum atomic E-state index is 12.4. The molecule has 116 valence electrons. The Labute approximate surface area is 121 Å². The summed E-state index contributed by atoms with van der Waals surface area (Å²) in [5.41, 5.74) is 5.20. The summed E-state index contributed by atoms with van der Waals surface area (Å²) in [6.45, 7) is 0. The molecule has 0 saturated heterocycles. The predicted octanol–water partition coefficient (Wildman–Crippen LogP) is 2.44. The molecule has 2 atom stereocenters. The van der Waals surface area contributed by atoms with Gasteiger partial charge in [-0.3, -0.25) is 0 Å². The maximum Gasteiger partial charge on any atom is 0.403 e. The fourth-order valence-corrected chi connectivity index (χ4v) is 1.60. The Balaban J connectivity index is 0.00000361. The number of rotatable bonds is 5. The Kier molecular flexibility index (Phi) is 7.12. The molecule has 1 aromatic carbocycles. The molecular weight excluding hydrogens is 299 g/mol. The van der Waals surface area contributed by atoms with Crippen LogP contribution in [-0.4, -0.2) is 31.5 Å². The van der Waals surface area contributed by atoms with Crippen molar-refractivity contribution in [3.8, 4) is 11.5 Å². The van der Waals surface area contributed by atoms with Gasteiger partial charge in [0.25, 0.3) is 0 Å². The van der Waals surface area contributed by atoms with Crippen molar-refractivity contribution in [2.24, 2.45) is 5.73 Å². The van der Waals surface area contributed by atoms with Gasteiger partial charge in [-0.15, -0.1) is 12.4 Å². The lowest BCUT2D eigenvalue weighted by molar-refractivity contribution is -0.153. The van der Waals surface area contributed by atoms with Crippen LogP contribution < -0.4 is 15.2 Å². The SMILES string of the molecule is COc1ccc(OC)c([C@H](O)C[C@H](N)C(F)(F)F)c1.Cl. The molecule has 0 fully saturated rings. The van der Waals surface area contributed by atoms with Gasteiger partial charge >= 0.3 is 6.18 Å². The van der Waals surface area contributed by atoms with Gasteiger partial charge in [0.2, 0.25) is 0 Å². The van der Waals surface area contributed by atoms with Crippen molar-refractivity contribution < 1.29 is 27.8 Å². The fourth-order valence-electron chi connectivity index (χ4n) is 1.60. The van der Waals surface area contributed by atoms with Crippen LogP contribution in [0.25, 0.3) is 0 Å². The van der Waals surface area contributed by atoms with Gasteiger partial charge in [-0.05, 0) is 18.2 Å². The predicted molar refractivity (Wildman–Crippen MR) is 70.4 cm³/mol. The van der Waals surface area contributed by atoms with Gasteiger partial charge in [0.05, 0.1) is 20.3 Å². The van der Waals surface area contributed by atoms with Crippen LogP contribution in [0.5, 0.6) is 11.5 Å². The molecule has 0 saturated carbocycles. The maximum absolute atomic E-state index is 12.4. The molecule has 0 aliphatic heterocycles. The number of benzene rings is 1. The lowest BCUT2D eigenvalue weighted by Crippen LogP contribution is -2.38. The Morgan fingerprint density at radius 1 is 1.25 bits per heavy atom. The molecule has 1 rings (SSSR count). The second kappa shape index (κ2) is 7.56. The minimum Gasteiger partial charge on any atom is -0.497 e. The van der Waals surface area contributed by atoms with E-state index in [1.54, 1.807) is 6.07 Å². The molecule has 8 heteroatoms. The highest BCUT2D eigenvalue weighted by molar-refractivity contribution is 5.85. The van der Waals surface area contributed by atoms with Crippen molar-refractivity contribution >= 4 is 12.4 Å². The minimum atomic E-state index is -4.55. The Morgan fingerprint density at radius 2 is 1.85 bits per heavy atom. The van der Waals surface area contributed by atoms with E-state index in [1.807, 2.05) is 0 Å². The van der Waals surface area contributed by atoms with Crippen molar-refractivity contribution in [1.82, 2.24) is 0 Å². The smallest absolute Gasteiger partial charge is 0.403 e. The largest absolute Gasteiger partial charge is 0.497 e. The summed E-state index contributed by atoms with van der Waals surface area (Å²) in [5.74, 6) is 0.693. The molecule has 4 nitrogen and oxygen atoms in total. The van der Waals surface area contributed by atoms with E-state index in [0.29, 0.717) is 5.75 Å². The van der Waals surface area contributed by atoms with Crippen LogP contribution in [-0.2, 0) is 0 Å². The monoisotopic (exact) mass is 315 g/mol. The average molecular weight is 316 g/mol. The molecule has 0 bridgehead atoms. The summed E-state index contributed by atoms with van der Waals surface area (Å²) in [6, 6.07) is 2.42. The second-order valence-corrected chi connectivity index (χ2v) is 4.01. The minimum absolute atomic E-state index is 0. The second-order valence-electron chi connectivity index (χ2n) is 4.01. The quantitative estimate of drug-likeness (QED) is 0.876. The normalized spacial score (nSPS) is 14.2. The van der Waals surface area contributed by atoms with E-state index < -0.39 is 24.7 Å². The van der Waals surface area contributed by atoms with E-state index in [2.05, 4.69) is 0 Å². The third-order valence-corrected chi connectivity index (χ3v) is 2.69. The van der Waals surface area contributed by atoms with E-state index >= 15 is 0 Å². The molecule has 0 unspecified atom stereocenters. The Bertz CT molecular complexity index is 429. The lowest BCUT2D eigenvalue weighted by Gasteiger charge is -2.21. The van der Waals surface area contributed by atoms with Gasteiger partial charge in [-0.2, -0.15) is 13.2 Å². The molecule has 20 heavy (non-hydrogen) atoms. The molecule has 0 aliphatic carbocycles. The highest BCUT2D eigenvalue weighted by atomic mass is 35.5. The van der Waals surface area contributed by atoms with Crippen molar-refractivity contribution in [1.29, 1.82) is 0 Å². The van der Waals surface area contributed by atoms with Crippen LogP contribution in [0.4, 0.5) is 13.2 Å². The van der Waals surface area contributed by atoms with Crippen LogP contribution in [0.2, 0.25) is 0 Å². The van der Waals surface area contributed by atoms with E-state index in [1.165, 1.54) is 26.4 Å². The highest BCUT2D eigenvalue weighted by Gasteiger charge is 2.38. The molecule has 0 aromatic heterocycles. The molecule has 0 radical (unpaired) electrons. The first-order valence-corrected chi connectivity index (χ1v) is 5.52. The lowest BCUT2D eigenvalue weighted by atomic mass is 10.0. The standard InChI is InChI=1S/C12H16F3NO3.ClH/c1-18-7-3-4-10(19-2)8(5-7)9(17)6-11(16)12(13,14)15;/h3-5,9,11,17H,6,16H2,1-2H3;1H/t9-,11+;/m1./s1. The van der Waals surface area contributed by atoms with E-state index in [0.717, 1.165) is 0 Å². The number of halogens is 4. The number of alkyl halides is 3. The molecule has 0 amide bonds. The summed E-state index contributed by atoms with van der Waals surface area (Å²) in [7, 11) is 2.78. The summed E-state index contributed by atoms with van der Waals surface area (Å²) >= 11 is 0. The van der Waals surface area contributed by atoms with Crippen LogP contribution in [0.3, 0.4) is 0 Å². The summed E-state index contributed by atoms with van der Waals surface area (Å²) in [5, 5.41) is 9.87. The zero-order valence-electron chi connectivity index (χ0n) is 11.0. The molecular formula is C12H17ClF3NO3. The van der Waals surface area contributed by atoms with Crippen LogP contribution in [0, 0.1) is 0 Å². The van der Waals surface area contributed by atoms with E-state index in [9.17, 15) is 18.3 Å². The van der Waals surface area contributed by atoms with Gasteiger partial charge in [0.15, 0.2) is 0 Å². The van der Waals surface area contributed by atoms with Gasteiger partial charge in [0.1, 0.15) is 17.5 Å². The number of hydrogen-bond donors (Lipinski definition) is 2. The third kappa shape index (κ3) is 4.73. The summed E-state index contributed by atoms with van der Waals surface area (Å²) in [6.07, 6.45) is -6.58. The summed E-state index contributed by atoms with van der Waals surface area (Å²) in [4.78, 5) is 0. The van der Waals surface area contributed by atoms with Crippen molar-refractivity contribution in [2.75, 3.05) is 14.2 Å². The Morgan fingerprint density at radius 3 is 2.30 bits per heavy atom. The molecule has 1 aromatic rings. The van der Waals surface area contributed by atoms with E-state index in [4.69, 9.17) is 15.2 Å². The van der Waals surface area contributed by atoms with Crippen molar-refractivity contribution in [3.63, 3.8) is 0 Å². The number of nitrogens with two attached hydrogens (primary N) is 1. The van der Waals surface area contributed by atoms with E-state index in [-0.39, 0.29) is 23.7 Å². The van der Waals surface area contributed by atoms with Crippen molar-refractivity contribution in [2.45, 2.75) is 24.7 Å². The van der Waals surface area contributed by atoms with Crippen molar-refractivity contribution in [3.05, 3.63) is 23.8 Å². The first-order chi connectivity index (χ1) is 8.79. The third-order valence-electron chi connectivity index (χ3n) is 2.69. The number of aliphatic hydroxyl groups is 1.